The van der Waals surface area contributed by atoms with E-state index in [0.29, 0.717) is 18.5 Å². The number of carboxylic acids is 1. The van der Waals surface area contributed by atoms with Crippen LogP contribution in [0.1, 0.15) is 34.6 Å². The van der Waals surface area contributed by atoms with Crippen LogP contribution in [0.25, 0.3) is 5.69 Å². The van der Waals surface area contributed by atoms with Gasteiger partial charge in [0.1, 0.15) is 0 Å². The Bertz CT molecular complexity index is 674. The van der Waals surface area contributed by atoms with E-state index in [4.69, 9.17) is 5.11 Å². The molecule has 2 aromatic rings. The molecule has 0 bridgehead atoms. The first-order valence-corrected chi connectivity index (χ1v) is 7.11. The van der Waals surface area contributed by atoms with Crippen LogP contribution in [0.3, 0.4) is 0 Å². The van der Waals surface area contributed by atoms with Crippen molar-refractivity contribution in [3.05, 3.63) is 47.3 Å². The van der Waals surface area contributed by atoms with Gasteiger partial charge in [-0.05, 0) is 50.6 Å². The Morgan fingerprint density at radius 1 is 1.23 bits per heavy atom. The van der Waals surface area contributed by atoms with Crippen LogP contribution in [0.5, 0.6) is 0 Å². The van der Waals surface area contributed by atoms with Crippen molar-refractivity contribution in [1.29, 1.82) is 0 Å². The predicted octanol–water partition coefficient (Wildman–Crippen LogP) is 2.08. The minimum absolute atomic E-state index is 0.0527. The molecule has 0 saturated carbocycles. The average molecular weight is 301 g/mol. The largest absolute Gasteiger partial charge is 0.481 e. The molecule has 116 valence electrons. The second-order valence-corrected chi connectivity index (χ2v) is 5.14. The van der Waals surface area contributed by atoms with Gasteiger partial charge in [0.25, 0.3) is 5.91 Å². The molecule has 1 heterocycles. The molecule has 1 aromatic carbocycles. The van der Waals surface area contributed by atoms with Crippen molar-refractivity contribution >= 4 is 11.9 Å². The van der Waals surface area contributed by atoms with Gasteiger partial charge in [-0.15, -0.1) is 0 Å². The highest BCUT2D eigenvalue weighted by molar-refractivity contribution is 5.94. The quantitative estimate of drug-likeness (QED) is 0.800. The molecule has 0 aliphatic rings. The fraction of sp³-hybridized carbons (Fsp3) is 0.312. The maximum Gasteiger partial charge on any atom is 0.303 e. The molecule has 0 aliphatic carbocycles. The standard InChI is InChI=1S/C16H19N3O3/c1-11-10-12(2)19(18-11)14-7-5-13(6-8-14)16(22)17-9-3-4-15(20)21/h5-8,10H,3-4,9H2,1-2H3,(H,17,22)(H,20,21). The van der Waals surface area contributed by atoms with Crippen LogP contribution >= 0.6 is 0 Å². The number of carbonyl (C=O) groups excluding carboxylic acids is 1. The first kappa shape index (κ1) is 15.8. The number of amides is 1. The second-order valence-electron chi connectivity index (χ2n) is 5.14. The maximum atomic E-state index is 11.9. The fourth-order valence-corrected chi connectivity index (χ4v) is 2.19. The molecule has 1 amide bonds. The van der Waals surface area contributed by atoms with Crippen molar-refractivity contribution in [2.24, 2.45) is 0 Å². The van der Waals surface area contributed by atoms with E-state index in [9.17, 15) is 9.59 Å². The van der Waals surface area contributed by atoms with E-state index in [0.717, 1.165) is 17.1 Å². The van der Waals surface area contributed by atoms with Gasteiger partial charge in [0.05, 0.1) is 11.4 Å². The topological polar surface area (TPSA) is 84.2 Å². The highest BCUT2D eigenvalue weighted by atomic mass is 16.4. The molecular weight excluding hydrogens is 282 g/mol. The number of carbonyl (C=O) groups is 2. The summed E-state index contributed by atoms with van der Waals surface area (Å²) in [6.07, 6.45) is 0.474. The number of rotatable bonds is 6. The lowest BCUT2D eigenvalue weighted by molar-refractivity contribution is -0.137. The number of hydrogen-bond acceptors (Lipinski definition) is 3. The highest BCUT2D eigenvalue weighted by Crippen LogP contribution is 2.13. The first-order chi connectivity index (χ1) is 10.5. The lowest BCUT2D eigenvalue weighted by Gasteiger charge is -2.07. The van der Waals surface area contributed by atoms with Crippen molar-refractivity contribution in [2.75, 3.05) is 6.54 Å². The normalized spacial score (nSPS) is 10.5. The summed E-state index contributed by atoms with van der Waals surface area (Å²) in [4.78, 5) is 22.3. The monoisotopic (exact) mass is 301 g/mol. The van der Waals surface area contributed by atoms with Crippen LogP contribution in [0.2, 0.25) is 0 Å². The van der Waals surface area contributed by atoms with Crippen molar-refractivity contribution in [1.82, 2.24) is 15.1 Å². The molecule has 0 unspecified atom stereocenters. The van der Waals surface area contributed by atoms with Gasteiger partial charge in [-0.25, -0.2) is 4.68 Å². The van der Waals surface area contributed by atoms with Crippen molar-refractivity contribution in [3.8, 4) is 5.69 Å². The van der Waals surface area contributed by atoms with E-state index in [-0.39, 0.29) is 12.3 Å². The summed E-state index contributed by atoms with van der Waals surface area (Å²) in [7, 11) is 0. The molecule has 0 spiro atoms. The van der Waals surface area contributed by atoms with Gasteiger partial charge in [-0.3, -0.25) is 9.59 Å². The Balaban J connectivity index is 1.98. The fourth-order valence-electron chi connectivity index (χ4n) is 2.19. The summed E-state index contributed by atoms with van der Waals surface area (Å²) in [5, 5.41) is 15.6. The Morgan fingerprint density at radius 3 is 2.45 bits per heavy atom. The highest BCUT2D eigenvalue weighted by Gasteiger charge is 2.07. The van der Waals surface area contributed by atoms with Crippen LogP contribution in [0.15, 0.2) is 30.3 Å². The van der Waals surface area contributed by atoms with E-state index >= 15 is 0 Å². The van der Waals surface area contributed by atoms with E-state index in [1.165, 1.54) is 0 Å². The molecular formula is C16H19N3O3. The number of carboxylic acid groups (broad SMARTS) is 1. The van der Waals surface area contributed by atoms with E-state index in [2.05, 4.69) is 10.4 Å². The number of benzene rings is 1. The summed E-state index contributed by atoms with van der Waals surface area (Å²) < 4.78 is 1.82. The molecule has 0 fully saturated rings. The SMILES string of the molecule is Cc1cc(C)n(-c2ccc(C(=O)NCCCC(=O)O)cc2)n1. The number of aliphatic carboxylic acids is 1. The summed E-state index contributed by atoms with van der Waals surface area (Å²) >= 11 is 0. The number of aryl methyl sites for hydroxylation is 2. The van der Waals surface area contributed by atoms with Crippen molar-refractivity contribution in [2.45, 2.75) is 26.7 Å². The number of nitrogens with one attached hydrogen (secondary N) is 1. The van der Waals surface area contributed by atoms with Crippen molar-refractivity contribution < 1.29 is 14.7 Å². The Kier molecular flexibility index (Phi) is 4.93. The first-order valence-electron chi connectivity index (χ1n) is 7.11. The van der Waals surface area contributed by atoms with Gasteiger partial charge in [-0.1, -0.05) is 0 Å². The van der Waals surface area contributed by atoms with Crippen LogP contribution in [0, 0.1) is 13.8 Å². The number of aromatic nitrogens is 2. The van der Waals surface area contributed by atoms with Crippen LogP contribution in [0.4, 0.5) is 0 Å². The Labute approximate surface area is 128 Å². The van der Waals surface area contributed by atoms with Gasteiger partial charge in [0.2, 0.25) is 0 Å². The Hall–Kier alpha value is -2.63. The smallest absolute Gasteiger partial charge is 0.303 e. The van der Waals surface area contributed by atoms with Crippen molar-refractivity contribution in [3.63, 3.8) is 0 Å². The average Bonchev–Trinajstić information content (AvgIpc) is 2.82. The minimum atomic E-state index is -0.858. The summed E-state index contributed by atoms with van der Waals surface area (Å²) in [6.45, 7) is 4.26. The third-order valence-corrected chi connectivity index (χ3v) is 3.24. The molecule has 2 rings (SSSR count). The zero-order chi connectivity index (χ0) is 16.1. The molecule has 0 atom stereocenters. The minimum Gasteiger partial charge on any atom is -0.481 e. The molecule has 0 saturated heterocycles. The number of nitrogens with zero attached hydrogens (tertiary/aromatic N) is 2. The molecule has 0 radical (unpaired) electrons. The molecule has 6 nitrogen and oxygen atoms in total. The van der Waals surface area contributed by atoms with Gasteiger partial charge < -0.3 is 10.4 Å². The van der Waals surface area contributed by atoms with Gasteiger partial charge >= 0.3 is 5.97 Å². The molecule has 6 heteroatoms. The lowest BCUT2D eigenvalue weighted by Crippen LogP contribution is -2.24. The molecule has 2 N–H and O–H groups in total. The zero-order valence-corrected chi connectivity index (χ0v) is 12.7. The summed E-state index contributed by atoms with van der Waals surface area (Å²) in [5.74, 6) is -1.06. The van der Waals surface area contributed by atoms with Gasteiger partial charge in [0, 0.05) is 24.2 Å². The maximum absolute atomic E-state index is 11.9. The third-order valence-electron chi connectivity index (χ3n) is 3.24. The molecule has 0 aliphatic heterocycles. The Morgan fingerprint density at radius 2 is 1.91 bits per heavy atom. The van der Waals surface area contributed by atoms with Gasteiger partial charge in [-0.2, -0.15) is 5.10 Å². The summed E-state index contributed by atoms with van der Waals surface area (Å²) in [6, 6.07) is 9.14. The van der Waals surface area contributed by atoms with Crippen LogP contribution in [-0.2, 0) is 4.79 Å². The van der Waals surface area contributed by atoms with E-state index in [1.807, 2.05) is 36.7 Å². The lowest BCUT2D eigenvalue weighted by atomic mass is 10.2. The number of hydrogen-bond donors (Lipinski definition) is 2. The third kappa shape index (κ3) is 3.94. The molecule has 1 aromatic heterocycles. The summed E-state index contributed by atoms with van der Waals surface area (Å²) in [5.41, 5.74) is 3.41. The second kappa shape index (κ2) is 6.89. The van der Waals surface area contributed by atoms with Crippen LogP contribution in [-0.4, -0.2) is 33.3 Å². The van der Waals surface area contributed by atoms with E-state index < -0.39 is 5.97 Å². The molecule has 22 heavy (non-hydrogen) atoms. The van der Waals surface area contributed by atoms with E-state index in [1.54, 1.807) is 12.1 Å². The van der Waals surface area contributed by atoms with Crippen LogP contribution < -0.4 is 5.32 Å². The van der Waals surface area contributed by atoms with Gasteiger partial charge in [0.15, 0.2) is 0 Å². The zero-order valence-electron chi connectivity index (χ0n) is 12.7. The predicted molar refractivity (Wildman–Crippen MR) is 82.2 cm³/mol.